The Morgan fingerprint density at radius 1 is 1.20 bits per heavy atom. The van der Waals surface area contributed by atoms with E-state index in [1.54, 1.807) is 0 Å². The van der Waals surface area contributed by atoms with Crippen LogP contribution in [0.4, 0.5) is 0 Å². The topological polar surface area (TPSA) is 90.5 Å². The summed E-state index contributed by atoms with van der Waals surface area (Å²) < 4.78 is 5.08. The molecule has 0 atom stereocenters. The molecule has 100 valence electrons. The number of hydrogen-bond donors (Lipinski definition) is 2. The molecule has 0 saturated carbocycles. The quantitative estimate of drug-likeness (QED) is 0.656. The van der Waals surface area contributed by atoms with Gasteiger partial charge in [0, 0.05) is 0 Å². The second-order valence-electron chi connectivity index (χ2n) is 4.04. The molecule has 0 aliphatic rings. The van der Waals surface area contributed by atoms with E-state index in [1.807, 2.05) is 6.07 Å². The number of phenols is 1. The lowest BCUT2D eigenvalue weighted by molar-refractivity contribution is 0.0731. The zero-order chi connectivity index (χ0) is 14.5. The molecular weight excluding hydrogens is 258 g/mol. The van der Waals surface area contributed by atoms with Gasteiger partial charge in [0.25, 0.3) is 0 Å². The molecule has 2 rings (SSSR count). The van der Waals surface area contributed by atoms with E-state index in [4.69, 9.17) is 15.1 Å². The Kier molecular flexibility index (Phi) is 3.99. The van der Waals surface area contributed by atoms with Crippen molar-refractivity contribution in [2.24, 2.45) is 0 Å². The van der Waals surface area contributed by atoms with Gasteiger partial charge in [-0.1, -0.05) is 6.07 Å². The minimum absolute atomic E-state index is 0.00607. The summed E-state index contributed by atoms with van der Waals surface area (Å²) in [5, 5.41) is 27.3. The summed E-state index contributed by atoms with van der Waals surface area (Å²) in [5.74, 6) is -0.688. The predicted molar refractivity (Wildman–Crippen MR) is 70.1 cm³/mol. The van der Waals surface area contributed by atoms with Gasteiger partial charge in [-0.3, -0.25) is 0 Å². The van der Waals surface area contributed by atoms with E-state index in [0.29, 0.717) is 11.1 Å². The minimum atomic E-state index is -0.711. The van der Waals surface area contributed by atoms with Gasteiger partial charge in [0.05, 0.1) is 18.2 Å². The fourth-order valence-corrected chi connectivity index (χ4v) is 1.61. The van der Waals surface area contributed by atoms with Crippen LogP contribution in [0.3, 0.4) is 0 Å². The number of nitriles is 1. The number of esters is 1. The van der Waals surface area contributed by atoms with Gasteiger partial charge in [0.1, 0.15) is 17.1 Å². The van der Waals surface area contributed by atoms with Crippen molar-refractivity contribution in [2.45, 2.75) is 6.61 Å². The molecule has 0 aliphatic heterocycles. The highest BCUT2D eigenvalue weighted by Crippen LogP contribution is 2.21. The SMILES string of the molecule is N#Cc1ccc(OC(=O)c2ccc(CO)cc2O)cc1. The van der Waals surface area contributed by atoms with Crippen LogP contribution < -0.4 is 4.74 Å². The van der Waals surface area contributed by atoms with Crippen LogP contribution in [0.1, 0.15) is 21.5 Å². The number of nitrogens with zero attached hydrogens (tertiary/aromatic N) is 1. The largest absolute Gasteiger partial charge is 0.507 e. The van der Waals surface area contributed by atoms with E-state index < -0.39 is 5.97 Å². The monoisotopic (exact) mass is 269 g/mol. The van der Waals surface area contributed by atoms with Crippen LogP contribution in [0.5, 0.6) is 11.5 Å². The number of aliphatic hydroxyl groups excluding tert-OH is 1. The number of carbonyl (C=O) groups excluding carboxylic acids is 1. The first-order valence-corrected chi connectivity index (χ1v) is 5.79. The third-order valence-corrected chi connectivity index (χ3v) is 2.66. The molecule has 5 nitrogen and oxygen atoms in total. The van der Waals surface area contributed by atoms with E-state index in [-0.39, 0.29) is 23.7 Å². The molecule has 2 aromatic carbocycles. The van der Waals surface area contributed by atoms with Crippen molar-refractivity contribution in [1.82, 2.24) is 0 Å². The van der Waals surface area contributed by atoms with E-state index in [0.717, 1.165) is 0 Å². The summed E-state index contributed by atoms with van der Waals surface area (Å²) in [6.45, 7) is -0.224. The van der Waals surface area contributed by atoms with Gasteiger partial charge in [-0.05, 0) is 42.0 Å². The summed E-state index contributed by atoms with van der Waals surface area (Å²) in [7, 11) is 0. The highest BCUT2D eigenvalue weighted by atomic mass is 16.5. The molecule has 2 aromatic rings. The highest BCUT2D eigenvalue weighted by molar-refractivity contribution is 5.93. The fraction of sp³-hybridized carbons (Fsp3) is 0.0667. The molecule has 0 unspecified atom stereocenters. The number of aliphatic hydroxyl groups is 1. The maximum Gasteiger partial charge on any atom is 0.347 e. The molecule has 5 heteroatoms. The van der Waals surface area contributed by atoms with Gasteiger partial charge in [-0.2, -0.15) is 5.26 Å². The van der Waals surface area contributed by atoms with Gasteiger partial charge in [-0.15, -0.1) is 0 Å². The average molecular weight is 269 g/mol. The van der Waals surface area contributed by atoms with Crippen molar-refractivity contribution >= 4 is 5.97 Å². The van der Waals surface area contributed by atoms with Gasteiger partial charge in [-0.25, -0.2) is 4.79 Å². The summed E-state index contributed by atoms with van der Waals surface area (Å²) in [4.78, 5) is 11.9. The Bertz CT molecular complexity index is 671. The zero-order valence-corrected chi connectivity index (χ0v) is 10.4. The minimum Gasteiger partial charge on any atom is -0.507 e. The Balaban J connectivity index is 2.17. The van der Waals surface area contributed by atoms with Crippen LogP contribution in [0.15, 0.2) is 42.5 Å². The van der Waals surface area contributed by atoms with Crippen LogP contribution in [-0.2, 0) is 6.61 Å². The number of rotatable bonds is 3. The molecule has 0 heterocycles. The van der Waals surface area contributed by atoms with E-state index in [9.17, 15) is 9.90 Å². The third-order valence-electron chi connectivity index (χ3n) is 2.66. The first kappa shape index (κ1) is 13.6. The Morgan fingerprint density at radius 3 is 2.45 bits per heavy atom. The predicted octanol–water partition coefficient (Wildman–Crippen LogP) is 1.98. The molecule has 0 radical (unpaired) electrons. The smallest absolute Gasteiger partial charge is 0.347 e. The molecule has 0 spiro atoms. The summed E-state index contributed by atoms with van der Waals surface area (Å²) in [5.41, 5.74) is 0.962. The lowest BCUT2D eigenvalue weighted by atomic mass is 10.1. The molecule has 0 amide bonds. The van der Waals surface area contributed by atoms with Gasteiger partial charge in [0.2, 0.25) is 0 Å². The maximum atomic E-state index is 11.9. The summed E-state index contributed by atoms with van der Waals surface area (Å²) in [6.07, 6.45) is 0. The Hall–Kier alpha value is -2.84. The number of hydrogen-bond acceptors (Lipinski definition) is 5. The Labute approximate surface area is 115 Å². The Morgan fingerprint density at radius 2 is 1.90 bits per heavy atom. The highest BCUT2D eigenvalue weighted by Gasteiger charge is 2.14. The molecule has 20 heavy (non-hydrogen) atoms. The standard InChI is InChI=1S/C15H11NO4/c16-8-10-1-4-12(5-2-10)20-15(19)13-6-3-11(9-17)7-14(13)18/h1-7,17-18H,9H2. The second kappa shape index (κ2) is 5.87. The number of ether oxygens (including phenoxy) is 1. The third kappa shape index (κ3) is 2.94. The molecule has 0 saturated heterocycles. The lowest BCUT2D eigenvalue weighted by Gasteiger charge is -2.07. The van der Waals surface area contributed by atoms with E-state index in [1.165, 1.54) is 42.5 Å². The van der Waals surface area contributed by atoms with E-state index in [2.05, 4.69) is 0 Å². The molecule has 0 aromatic heterocycles. The van der Waals surface area contributed by atoms with Crippen LogP contribution in [0.2, 0.25) is 0 Å². The van der Waals surface area contributed by atoms with Crippen LogP contribution in [-0.4, -0.2) is 16.2 Å². The molecule has 0 aliphatic carbocycles. The lowest BCUT2D eigenvalue weighted by Crippen LogP contribution is -2.09. The maximum absolute atomic E-state index is 11.9. The normalized spacial score (nSPS) is 9.80. The molecular formula is C15H11NO4. The molecule has 2 N–H and O–H groups in total. The first-order valence-electron chi connectivity index (χ1n) is 5.79. The van der Waals surface area contributed by atoms with Crippen LogP contribution >= 0.6 is 0 Å². The number of aromatic hydroxyl groups is 1. The van der Waals surface area contributed by atoms with Crippen molar-refractivity contribution < 1.29 is 19.7 Å². The summed E-state index contributed by atoms with van der Waals surface area (Å²) in [6, 6.07) is 12.2. The summed E-state index contributed by atoms with van der Waals surface area (Å²) >= 11 is 0. The molecule has 0 fully saturated rings. The van der Waals surface area contributed by atoms with Crippen molar-refractivity contribution in [1.29, 1.82) is 5.26 Å². The van der Waals surface area contributed by atoms with Crippen LogP contribution in [0.25, 0.3) is 0 Å². The first-order chi connectivity index (χ1) is 9.63. The van der Waals surface area contributed by atoms with Crippen molar-refractivity contribution in [3.63, 3.8) is 0 Å². The van der Waals surface area contributed by atoms with Crippen LogP contribution in [0, 0.1) is 11.3 Å². The number of carbonyl (C=O) groups is 1. The van der Waals surface area contributed by atoms with Crippen molar-refractivity contribution in [3.05, 3.63) is 59.2 Å². The van der Waals surface area contributed by atoms with Crippen molar-refractivity contribution in [2.75, 3.05) is 0 Å². The molecule has 0 bridgehead atoms. The van der Waals surface area contributed by atoms with Gasteiger partial charge < -0.3 is 14.9 Å². The number of phenolic OH excluding ortho intramolecular Hbond substituents is 1. The second-order valence-corrected chi connectivity index (χ2v) is 4.04. The van der Waals surface area contributed by atoms with Gasteiger partial charge >= 0.3 is 5.97 Å². The van der Waals surface area contributed by atoms with Gasteiger partial charge in [0.15, 0.2) is 0 Å². The zero-order valence-electron chi connectivity index (χ0n) is 10.4. The number of benzene rings is 2. The fourth-order valence-electron chi connectivity index (χ4n) is 1.61. The van der Waals surface area contributed by atoms with Crippen molar-refractivity contribution in [3.8, 4) is 17.6 Å². The average Bonchev–Trinajstić information content (AvgIpc) is 2.47. The van der Waals surface area contributed by atoms with E-state index >= 15 is 0 Å².